The van der Waals surface area contributed by atoms with Crippen molar-refractivity contribution in [3.05, 3.63) is 29.1 Å². The first kappa shape index (κ1) is 13.0. The van der Waals surface area contributed by atoms with Gasteiger partial charge in [-0.25, -0.2) is 0 Å². The average Bonchev–Trinajstić information content (AvgIpc) is 2.67. The molecule has 0 aliphatic carbocycles. The van der Waals surface area contributed by atoms with E-state index in [1.54, 1.807) is 18.2 Å². The summed E-state index contributed by atoms with van der Waals surface area (Å²) in [6, 6.07) is 6.58. The predicted molar refractivity (Wildman–Crippen MR) is 73.4 cm³/mol. The molecule has 1 aromatic heterocycles. The molecule has 0 bridgehead atoms. The summed E-state index contributed by atoms with van der Waals surface area (Å²) in [4.78, 5) is 19.1. The largest absolute Gasteiger partial charge is 0.506 e. The molecule has 0 unspecified atom stereocenters. The molecule has 0 atom stereocenters. The summed E-state index contributed by atoms with van der Waals surface area (Å²) in [5.74, 6) is -0.435. The molecule has 0 aliphatic heterocycles. The van der Waals surface area contributed by atoms with Crippen molar-refractivity contribution in [1.29, 1.82) is 0 Å². The number of amides is 1. The van der Waals surface area contributed by atoms with E-state index in [0.29, 0.717) is 15.7 Å². The van der Waals surface area contributed by atoms with Crippen molar-refractivity contribution < 1.29 is 15.0 Å². The third kappa shape index (κ3) is 3.29. The maximum absolute atomic E-state index is 10.9. The van der Waals surface area contributed by atoms with Crippen LogP contribution in [0.1, 0.15) is 11.8 Å². The number of anilines is 1. The number of nitrogens with zero attached hydrogens (tertiary/aromatic N) is 2. The van der Waals surface area contributed by atoms with Crippen molar-refractivity contribution in [2.75, 3.05) is 5.32 Å². The summed E-state index contributed by atoms with van der Waals surface area (Å²) in [6.07, 6.45) is 1.38. The van der Waals surface area contributed by atoms with Crippen LogP contribution in [-0.4, -0.2) is 27.3 Å². The van der Waals surface area contributed by atoms with Gasteiger partial charge < -0.3 is 15.5 Å². The van der Waals surface area contributed by atoms with Gasteiger partial charge in [-0.15, -0.1) is 0 Å². The smallest absolute Gasteiger partial charge is 0.233 e. The van der Waals surface area contributed by atoms with Gasteiger partial charge in [0.2, 0.25) is 11.8 Å². The summed E-state index contributed by atoms with van der Waals surface area (Å²) < 4.78 is 0. The standard InChI is InChI=1S/C12H11N3O3S/c1-7(16)14-12-15-11(18)10(19-12)6-13-8-4-2-3-5-9(8)17/h2-6,17-18H,1H3,(H,14,15,16). The molecule has 98 valence electrons. The summed E-state index contributed by atoms with van der Waals surface area (Å²) >= 11 is 1.09. The van der Waals surface area contributed by atoms with E-state index < -0.39 is 0 Å². The molecular weight excluding hydrogens is 266 g/mol. The quantitative estimate of drug-likeness (QED) is 0.750. The van der Waals surface area contributed by atoms with Crippen LogP contribution in [0.15, 0.2) is 29.3 Å². The first-order chi connectivity index (χ1) is 9.06. The molecule has 6 nitrogen and oxygen atoms in total. The predicted octanol–water partition coefficient (Wildman–Crippen LogP) is 2.26. The van der Waals surface area contributed by atoms with Gasteiger partial charge in [0.05, 0.1) is 6.21 Å². The van der Waals surface area contributed by atoms with Crippen LogP contribution in [0.25, 0.3) is 0 Å². The second kappa shape index (κ2) is 5.49. The number of nitrogens with one attached hydrogen (secondary N) is 1. The zero-order chi connectivity index (χ0) is 13.8. The SMILES string of the molecule is CC(=O)Nc1nc(O)c(C=Nc2ccccc2O)s1. The normalized spacial score (nSPS) is 10.8. The zero-order valence-electron chi connectivity index (χ0n) is 9.99. The van der Waals surface area contributed by atoms with Crippen LogP contribution < -0.4 is 5.32 Å². The first-order valence-corrected chi connectivity index (χ1v) is 6.17. The van der Waals surface area contributed by atoms with Crippen molar-refractivity contribution in [2.45, 2.75) is 6.92 Å². The highest BCUT2D eigenvalue weighted by Crippen LogP contribution is 2.29. The number of thiazole rings is 1. The molecule has 0 saturated carbocycles. The number of phenols is 1. The molecule has 19 heavy (non-hydrogen) atoms. The Bertz CT molecular complexity index is 637. The van der Waals surface area contributed by atoms with Crippen molar-refractivity contribution in [3.63, 3.8) is 0 Å². The molecule has 2 aromatic rings. The third-order valence-electron chi connectivity index (χ3n) is 2.12. The highest BCUT2D eigenvalue weighted by molar-refractivity contribution is 7.17. The maximum Gasteiger partial charge on any atom is 0.233 e. The van der Waals surface area contributed by atoms with Crippen LogP contribution in [0.4, 0.5) is 10.8 Å². The molecule has 1 aromatic carbocycles. The molecule has 1 amide bonds. The van der Waals surface area contributed by atoms with Gasteiger partial charge in [0, 0.05) is 6.92 Å². The second-order valence-corrected chi connectivity index (χ2v) is 4.67. The third-order valence-corrected chi connectivity index (χ3v) is 3.01. The average molecular weight is 277 g/mol. The second-order valence-electron chi connectivity index (χ2n) is 3.63. The Morgan fingerprint density at radius 1 is 1.42 bits per heavy atom. The summed E-state index contributed by atoms with van der Waals surface area (Å²) in [5, 5.41) is 21.9. The van der Waals surface area contributed by atoms with Crippen LogP contribution in [0.3, 0.4) is 0 Å². The van der Waals surface area contributed by atoms with Crippen LogP contribution in [0.2, 0.25) is 0 Å². The van der Waals surface area contributed by atoms with Gasteiger partial charge in [-0.2, -0.15) is 4.98 Å². The number of carbonyl (C=O) groups is 1. The van der Waals surface area contributed by atoms with Crippen LogP contribution in [0, 0.1) is 0 Å². The lowest BCUT2D eigenvalue weighted by Crippen LogP contribution is -2.04. The van der Waals surface area contributed by atoms with E-state index in [4.69, 9.17) is 0 Å². The lowest BCUT2D eigenvalue weighted by atomic mass is 10.3. The number of aromatic hydroxyl groups is 2. The highest BCUT2D eigenvalue weighted by atomic mass is 32.1. The summed E-state index contributed by atoms with van der Waals surface area (Å²) in [7, 11) is 0. The lowest BCUT2D eigenvalue weighted by Gasteiger charge is -1.95. The van der Waals surface area contributed by atoms with E-state index in [9.17, 15) is 15.0 Å². The van der Waals surface area contributed by atoms with Gasteiger partial charge >= 0.3 is 0 Å². The molecule has 0 spiro atoms. The number of rotatable bonds is 3. The van der Waals surface area contributed by atoms with Crippen molar-refractivity contribution >= 4 is 34.3 Å². The molecule has 2 rings (SSSR count). The molecule has 3 N–H and O–H groups in total. The van der Waals surface area contributed by atoms with Gasteiger partial charge in [-0.05, 0) is 12.1 Å². The lowest BCUT2D eigenvalue weighted by molar-refractivity contribution is -0.114. The number of carbonyl (C=O) groups excluding carboxylic acids is 1. The van der Waals surface area contributed by atoms with Crippen molar-refractivity contribution in [2.24, 2.45) is 4.99 Å². The van der Waals surface area contributed by atoms with Crippen LogP contribution in [-0.2, 0) is 4.79 Å². The number of benzene rings is 1. The molecular formula is C12H11N3O3S. The Hall–Kier alpha value is -2.41. The Morgan fingerprint density at radius 3 is 2.84 bits per heavy atom. The minimum Gasteiger partial charge on any atom is -0.506 e. The Morgan fingerprint density at radius 2 is 2.16 bits per heavy atom. The van der Waals surface area contributed by atoms with Gasteiger partial charge in [0.15, 0.2) is 5.13 Å². The van der Waals surface area contributed by atoms with Crippen molar-refractivity contribution in [3.8, 4) is 11.6 Å². The van der Waals surface area contributed by atoms with Crippen LogP contribution in [0.5, 0.6) is 11.6 Å². The fourth-order valence-electron chi connectivity index (χ4n) is 1.31. The van der Waals surface area contributed by atoms with Gasteiger partial charge in [-0.3, -0.25) is 9.79 Å². The Balaban J connectivity index is 2.21. The molecule has 0 fully saturated rings. The number of aliphatic imine (C=N–C) groups is 1. The monoisotopic (exact) mass is 277 g/mol. The molecule has 1 heterocycles. The topological polar surface area (TPSA) is 94.8 Å². The molecule has 0 radical (unpaired) electrons. The Kier molecular flexibility index (Phi) is 3.76. The molecule has 7 heteroatoms. The van der Waals surface area contributed by atoms with E-state index in [-0.39, 0.29) is 17.5 Å². The Labute approximate surface area is 113 Å². The van der Waals surface area contributed by atoms with E-state index in [1.807, 2.05) is 0 Å². The maximum atomic E-state index is 10.9. The number of hydrogen-bond acceptors (Lipinski definition) is 6. The zero-order valence-corrected chi connectivity index (χ0v) is 10.8. The van der Waals surface area contributed by atoms with E-state index in [2.05, 4.69) is 15.3 Å². The van der Waals surface area contributed by atoms with Crippen molar-refractivity contribution in [1.82, 2.24) is 4.98 Å². The molecule has 0 aliphatic rings. The minimum atomic E-state index is -0.266. The number of phenolic OH excluding ortho intramolecular Hbond substituents is 1. The summed E-state index contributed by atoms with van der Waals surface area (Å²) in [5.41, 5.74) is 0.386. The summed E-state index contributed by atoms with van der Waals surface area (Å²) in [6.45, 7) is 1.36. The van der Waals surface area contributed by atoms with E-state index in [1.165, 1.54) is 19.2 Å². The van der Waals surface area contributed by atoms with Crippen LogP contribution >= 0.6 is 11.3 Å². The van der Waals surface area contributed by atoms with Gasteiger partial charge in [-0.1, -0.05) is 23.5 Å². The highest BCUT2D eigenvalue weighted by Gasteiger charge is 2.09. The van der Waals surface area contributed by atoms with E-state index in [0.717, 1.165) is 11.3 Å². The van der Waals surface area contributed by atoms with E-state index >= 15 is 0 Å². The number of para-hydroxylation sites is 2. The van der Waals surface area contributed by atoms with Gasteiger partial charge in [0.25, 0.3) is 0 Å². The van der Waals surface area contributed by atoms with Gasteiger partial charge in [0.1, 0.15) is 16.3 Å². The number of hydrogen-bond donors (Lipinski definition) is 3. The number of aromatic nitrogens is 1. The first-order valence-electron chi connectivity index (χ1n) is 5.35. The fourth-order valence-corrected chi connectivity index (χ4v) is 2.09. The minimum absolute atomic E-state index is 0.0461. The molecule has 0 saturated heterocycles. The fraction of sp³-hybridized carbons (Fsp3) is 0.0833.